The summed E-state index contributed by atoms with van der Waals surface area (Å²) in [4.78, 5) is 16.5. The Bertz CT molecular complexity index is 837. The third kappa shape index (κ3) is 3.42. The molecule has 0 saturated heterocycles. The number of hydrogen-bond donors (Lipinski definition) is 1. The number of esters is 1. The van der Waals surface area contributed by atoms with Crippen molar-refractivity contribution in [2.45, 2.75) is 33.3 Å². The maximum absolute atomic E-state index is 14.6. The smallest absolute Gasteiger partial charge is 0.357 e. The van der Waals surface area contributed by atoms with Gasteiger partial charge >= 0.3 is 5.97 Å². The number of rotatable bonds is 4. The van der Waals surface area contributed by atoms with Crippen LogP contribution in [0.25, 0.3) is 11.1 Å². The molecule has 3 rings (SSSR count). The summed E-state index contributed by atoms with van der Waals surface area (Å²) in [6.07, 6.45) is 0.155. The third-order valence-corrected chi connectivity index (χ3v) is 4.59. The molecule has 0 spiro atoms. The summed E-state index contributed by atoms with van der Waals surface area (Å²) in [6, 6.07) is 6.52. The molecule has 1 aromatic heterocycles. The molecule has 0 aliphatic carbocycles. The van der Waals surface area contributed by atoms with E-state index < -0.39 is 12.1 Å². The van der Waals surface area contributed by atoms with Gasteiger partial charge < -0.3 is 14.6 Å². The molecular weight excluding hydrogens is 337 g/mol. The van der Waals surface area contributed by atoms with Crippen LogP contribution in [0, 0.1) is 18.7 Å². The number of carbonyl (C=O) groups is 1. The van der Waals surface area contributed by atoms with Crippen LogP contribution in [0.15, 0.2) is 24.3 Å². The van der Waals surface area contributed by atoms with Crippen LogP contribution in [0.1, 0.15) is 35.5 Å². The maximum Gasteiger partial charge on any atom is 0.357 e. The van der Waals surface area contributed by atoms with Gasteiger partial charge in [-0.15, -0.1) is 0 Å². The summed E-state index contributed by atoms with van der Waals surface area (Å²) in [7, 11) is 0. The van der Waals surface area contributed by atoms with Gasteiger partial charge in [-0.3, -0.25) is 0 Å². The minimum absolute atomic E-state index is 0.0370. The van der Waals surface area contributed by atoms with Gasteiger partial charge in [0.05, 0.1) is 13.2 Å². The second-order valence-electron chi connectivity index (χ2n) is 6.56. The molecule has 26 heavy (non-hydrogen) atoms. The Morgan fingerprint density at radius 1 is 1.38 bits per heavy atom. The standard InChI is InChI=1S/C20H22FNO4/c1-4-25-20(24)17-9-14(13-6-5-11(2)7-16(13)21)15-8-12(3)18(10-23)26-19(15)22-17/h5-7,9,12,18,23H,4,8,10H2,1-3H3/t12-,18+/m1/s1. The summed E-state index contributed by atoms with van der Waals surface area (Å²) < 4.78 is 25.4. The molecule has 1 aromatic carbocycles. The van der Waals surface area contributed by atoms with Gasteiger partial charge in [0, 0.05) is 11.1 Å². The van der Waals surface area contributed by atoms with Crippen LogP contribution in [-0.4, -0.2) is 35.4 Å². The Balaban J connectivity index is 2.18. The molecule has 138 valence electrons. The highest BCUT2D eigenvalue weighted by atomic mass is 19.1. The highest BCUT2D eigenvalue weighted by Gasteiger charge is 2.31. The van der Waals surface area contributed by atoms with E-state index in [2.05, 4.69) is 4.98 Å². The molecule has 0 saturated carbocycles. The molecule has 1 aliphatic heterocycles. The maximum atomic E-state index is 14.6. The minimum atomic E-state index is -0.591. The van der Waals surface area contributed by atoms with Crippen molar-refractivity contribution >= 4 is 5.97 Å². The van der Waals surface area contributed by atoms with Crippen LogP contribution in [-0.2, 0) is 11.2 Å². The number of carbonyl (C=O) groups excluding carboxylic acids is 1. The molecule has 0 amide bonds. The Hall–Kier alpha value is -2.47. The van der Waals surface area contributed by atoms with Crippen molar-refractivity contribution in [3.05, 3.63) is 46.9 Å². The lowest BCUT2D eigenvalue weighted by Gasteiger charge is -2.31. The number of aromatic nitrogens is 1. The van der Waals surface area contributed by atoms with E-state index in [0.717, 1.165) is 11.1 Å². The van der Waals surface area contributed by atoms with Gasteiger partial charge in [0.15, 0.2) is 5.69 Å². The average Bonchev–Trinajstić information content (AvgIpc) is 2.61. The number of benzene rings is 1. The van der Waals surface area contributed by atoms with E-state index >= 15 is 0 Å². The molecule has 0 radical (unpaired) electrons. The van der Waals surface area contributed by atoms with E-state index in [4.69, 9.17) is 9.47 Å². The van der Waals surface area contributed by atoms with Crippen molar-refractivity contribution in [2.24, 2.45) is 5.92 Å². The lowest BCUT2D eigenvalue weighted by Crippen LogP contribution is -2.35. The molecule has 2 aromatic rings. The van der Waals surface area contributed by atoms with Gasteiger partial charge in [-0.2, -0.15) is 0 Å². The molecule has 6 heteroatoms. The quantitative estimate of drug-likeness (QED) is 0.849. The monoisotopic (exact) mass is 359 g/mol. The van der Waals surface area contributed by atoms with E-state index in [1.165, 1.54) is 6.07 Å². The molecule has 1 aliphatic rings. The molecule has 5 nitrogen and oxygen atoms in total. The van der Waals surface area contributed by atoms with Crippen molar-refractivity contribution < 1.29 is 23.8 Å². The van der Waals surface area contributed by atoms with Gasteiger partial charge in [-0.1, -0.05) is 19.1 Å². The first kappa shape index (κ1) is 18.3. The van der Waals surface area contributed by atoms with Gasteiger partial charge in [0.2, 0.25) is 5.88 Å². The number of aliphatic hydroxyl groups excluding tert-OH is 1. The van der Waals surface area contributed by atoms with Crippen molar-refractivity contribution in [1.29, 1.82) is 0 Å². The normalized spacial score (nSPS) is 18.8. The van der Waals surface area contributed by atoms with Crippen LogP contribution in [0.5, 0.6) is 5.88 Å². The van der Waals surface area contributed by atoms with E-state index in [1.807, 2.05) is 19.9 Å². The fraction of sp³-hybridized carbons (Fsp3) is 0.400. The number of hydrogen-bond acceptors (Lipinski definition) is 5. The first-order valence-corrected chi connectivity index (χ1v) is 8.69. The molecule has 0 bridgehead atoms. The number of pyridine rings is 1. The topological polar surface area (TPSA) is 68.7 Å². The third-order valence-electron chi connectivity index (χ3n) is 4.59. The average molecular weight is 359 g/mol. The first-order valence-electron chi connectivity index (χ1n) is 8.69. The fourth-order valence-electron chi connectivity index (χ4n) is 3.16. The van der Waals surface area contributed by atoms with Crippen molar-refractivity contribution in [3.8, 4) is 17.0 Å². The second-order valence-corrected chi connectivity index (χ2v) is 6.56. The van der Waals surface area contributed by atoms with Crippen molar-refractivity contribution in [3.63, 3.8) is 0 Å². The van der Waals surface area contributed by atoms with E-state index in [-0.39, 0.29) is 36.5 Å². The highest BCUT2D eigenvalue weighted by molar-refractivity contribution is 5.90. The molecule has 0 fully saturated rings. The number of aryl methyl sites for hydroxylation is 1. The summed E-state index contributed by atoms with van der Waals surface area (Å²) >= 11 is 0. The Kier molecular flexibility index (Phi) is 5.23. The molecule has 0 unspecified atom stereocenters. The van der Waals surface area contributed by atoms with Crippen LogP contribution < -0.4 is 4.74 Å². The van der Waals surface area contributed by atoms with Gasteiger partial charge in [0.1, 0.15) is 11.9 Å². The number of aliphatic hydroxyl groups is 1. The zero-order chi connectivity index (χ0) is 18.8. The van der Waals surface area contributed by atoms with Crippen LogP contribution >= 0.6 is 0 Å². The van der Waals surface area contributed by atoms with Crippen molar-refractivity contribution in [2.75, 3.05) is 13.2 Å². The first-order chi connectivity index (χ1) is 12.4. The second kappa shape index (κ2) is 7.41. The predicted octanol–water partition coefficient (Wildman–Crippen LogP) is 3.30. The largest absolute Gasteiger partial charge is 0.471 e. The Morgan fingerprint density at radius 2 is 2.15 bits per heavy atom. The fourth-order valence-corrected chi connectivity index (χ4v) is 3.16. The Morgan fingerprint density at radius 3 is 2.81 bits per heavy atom. The van der Waals surface area contributed by atoms with Crippen molar-refractivity contribution in [1.82, 2.24) is 4.98 Å². The van der Waals surface area contributed by atoms with Crippen LogP contribution in [0.4, 0.5) is 4.39 Å². The summed E-state index contributed by atoms with van der Waals surface area (Å²) in [5, 5.41) is 9.51. The zero-order valence-corrected chi connectivity index (χ0v) is 15.1. The predicted molar refractivity (Wildman–Crippen MR) is 94.7 cm³/mol. The summed E-state index contributed by atoms with van der Waals surface area (Å²) in [6.45, 7) is 5.54. The van der Waals surface area contributed by atoms with E-state index in [1.54, 1.807) is 19.1 Å². The van der Waals surface area contributed by atoms with Gasteiger partial charge in [-0.05, 0) is 49.4 Å². The van der Waals surface area contributed by atoms with E-state index in [0.29, 0.717) is 17.5 Å². The molecule has 2 atom stereocenters. The minimum Gasteiger partial charge on any atom is -0.471 e. The van der Waals surface area contributed by atoms with Gasteiger partial charge in [0.25, 0.3) is 0 Å². The van der Waals surface area contributed by atoms with Crippen LogP contribution in [0.3, 0.4) is 0 Å². The summed E-state index contributed by atoms with van der Waals surface area (Å²) in [5.41, 5.74) is 2.56. The molecule has 1 N–H and O–H groups in total. The molecule has 2 heterocycles. The molecular formula is C20H22FNO4. The van der Waals surface area contributed by atoms with E-state index in [9.17, 15) is 14.3 Å². The lowest BCUT2D eigenvalue weighted by atomic mass is 9.88. The zero-order valence-electron chi connectivity index (χ0n) is 15.1. The SMILES string of the molecule is CCOC(=O)c1cc(-c2ccc(C)cc2F)c2c(n1)O[C@@H](CO)[C@H](C)C2. The Labute approximate surface area is 151 Å². The number of fused-ring (bicyclic) bond motifs is 1. The summed E-state index contributed by atoms with van der Waals surface area (Å²) in [5.74, 6) is -0.672. The lowest BCUT2D eigenvalue weighted by molar-refractivity contribution is 0.0491. The van der Waals surface area contributed by atoms with Crippen LogP contribution in [0.2, 0.25) is 0 Å². The number of ether oxygens (including phenoxy) is 2. The highest BCUT2D eigenvalue weighted by Crippen LogP contribution is 2.38. The number of nitrogens with zero attached hydrogens (tertiary/aromatic N) is 1. The van der Waals surface area contributed by atoms with Gasteiger partial charge in [-0.25, -0.2) is 14.2 Å². The number of halogens is 1.